The zero-order valence-electron chi connectivity index (χ0n) is 17.0. The number of benzene rings is 1. The molecule has 9 nitrogen and oxygen atoms in total. The number of piperidine rings is 1. The number of aromatic nitrogens is 6. The SMILES string of the molecule is CN(C)C1CCN(c2nc(NCc3nc4ccccc4[nH]3)n3ncc(Br)c3n2)CC1. The average Bonchev–Trinajstić information content (AvgIpc) is 3.35. The van der Waals surface area contributed by atoms with Crippen molar-refractivity contribution in [3.8, 4) is 0 Å². The van der Waals surface area contributed by atoms with Gasteiger partial charge in [-0.1, -0.05) is 12.1 Å². The van der Waals surface area contributed by atoms with Gasteiger partial charge in [-0.25, -0.2) is 4.98 Å². The first-order valence-corrected chi connectivity index (χ1v) is 10.9. The maximum absolute atomic E-state index is 4.80. The molecule has 0 saturated carbocycles. The van der Waals surface area contributed by atoms with E-state index in [0.717, 1.165) is 58.9 Å². The number of para-hydroxylation sites is 2. The molecule has 1 fully saturated rings. The van der Waals surface area contributed by atoms with Gasteiger partial charge in [0.2, 0.25) is 11.9 Å². The zero-order valence-corrected chi connectivity index (χ0v) is 18.6. The maximum atomic E-state index is 4.80. The van der Waals surface area contributed by atoms with Gasteiger partial charge in [-0.15, -0.1) is 0 Å². The fourth-order valence-corrected chi connectivity index (χ4v) is 4.28. The summed E-state index contributed by atoms with van der Waals surface area (Å²) in [5.41, 5.74) is 2.73. The summed E-state index contributed by atoms with van der Waals surface area (Å²) in [6.07, 6.45) is 3.95. The number of aromatic amines is 1. The van der Waals surface area contributed by atoms with Crippen LogP contribution in [0.15, 0.2) is 34.9 Å². The van der Waals surface area contributed by atoms with Crippen molar-refractivity contribution in [3.05, 3.63) is 40.8 Å². The smallest absolute Gasteiger partial charge is 0.230 e. The average molecular weight is 470 g/mol. The minimum atomic E-state index is 0.514. The number of fused-ring (bicyclic) bond motifs is 2. The van der Waals surface area contributed by atoms with Crippen LogP contribution in [0.5, 0.6) is 0 Å². The predicted octanol–water partition coefficient (Wildman–Crippen LogP) is 2.91. The van der Waals surface area contributed by atoms with Crippen molar-refractivity contribution in [1.29, 1.82) is 0 Å². The molecule has 1 aliphatic heterocycles. The highest BCUT2D eigenvalue weighted by atomic mass is 79.9. The number of H-pyrrole nitrogens is 1. The molecule has 0 atom stereocenters. The third-order valence-corrected chi connectivity index (χ3v) is 6.20. The number of anilines is 2. The van der Waals surface area contributed by atoms with Crippen LogP contribution < -0.4 is 10.2 Å². The lowest BCUT2D eigenvalue weighted by atomic mass is 10.0. The lowest BCUT2D eigenvalue weighted by molar-refractivity contribution is 0.249. The van der Waals surface area contributed by atoms with Crippen molar-refractivity contribution in [1.82, 2.24) is 34.4 Å². The van der Waals surface area contributed by atoms with Gasteiger partial charge in [0.05, 0.1) is 28.2 Å². The molecule has 4 aromatic rings. The molecule has 5 rings (SSSR count). The van der Waals surface area contributed by atoms with E-state index < -0.39 is 0 Å². The van der Waals surface area contributed by atoms with Gasteiger partial charge in [0.15, 0.2) is 5.65 Å². The highest BCUT2D eigenvalue weighted by Gasteiger charge is 2.24. The number of nitrogens with zero attached hydrogens (tertiary/aromatic N) is 7. The van der Waals surface area contributed by atoms with E-state index in [-0.39, 0.29) is 0 Å². The van der Waals surface area contributed by atoms with Gasteiger partial charge in [0.1, 0.15) is 5.82 Å². The highest BCUT2D eigenvalue weighted by Crippen LogP contribution is 2.24. The third-order valence-electron chi connectivity index (χ3n) is 5.64. The number of hydrogen-bond donors (Lipinski definition) is 2. The minimum absolute atomic E-state index is 0.514. The Morgan fingerprint density at radius 1 is 1.17 bits per heavy atom. The van der Waals surface area contributed by atoms with Gasteiger partial charge in [0, 0.05) is 19.1 Å². The molecule has 0 aliphatic carbocycles. The van der Waals surface area contributed by atoms with E-state index in [0.29, 0.717) is 18.5 Å². The molecule has 10 heteroatoms. The van der Waals surface area contributed by atoms with E-state index in [1.54, 1.807) is 10.7 Å². The second-order valence-corrected chi connectivity index (χ2v) is 8.67. The van der Waals surface area contributed by atoms with Gasteiger partial charge in [-0.05, 0) is 55.0 Å². The van der Waals surface area contributed by atoms with Crippen LogP contribution in [-0.4, -0.2) is 67.7 Å². The molecule has 0 amide bonds. The molecule has 1 aliphatic rings. The standard InChI is InChI=1S/C20H24BrN9/c1-28(2)13-7-9-29(10-8-13)20-26-18-14(21)11-23-30(18)19(27-20)22-12-17-24-15-5-3-4-6-16(15)25-17/h3-6,11,13H,7-10,12H2,1-2H3,(H,24,25)(H,22,26,27). The molecule has 4 heterocycles. The molecule has 156 valence electrons. The molecule has 0 unspecified atom stereocenters. The molecule has 2 N–H and O–H groups in total. The van der Waals surface area contributed by atoms with Gasteiger partial charge >= 0.3 is 0 Å². The number of rotatable bonds is 5. The molecule has 0 radical (unpaired) electrons. The quantitative estimate of drug-likeness (QED) is 0.464. The minimum Gasteiger partial charge on any atom is -0.347 e. The molecule has 3 aromatic heterocycles. The molecule has 1 saturated heterocycles. The van der Waals surface area contributed by atoms with E-state index in [2.05, 4.69) is 60.2 Å². The van der Waals surface area contributed by atoms with Crippen molar-refractivity contribution < 1.29 is 0 Å². The number of hydrogen-bond acceptors (Lipinski definition) is 7. The van der Waals surface area contributed by atoms with Crippen molar-refractivity contribution in [2.45, 2.75) is 25.4 Å². The van der Waals surface area contributed by atoms with E-state index in [1.165, 1.54) is 0 Å². The summed E-state index contributed by atoms with van der Waals surface area (Å²) in [5.74, 6) is 2.23. The van der Waals surface area contributed by atoms with Crippen LogP contribution in [-0.2, 0) is 6.54 Å². The first-order valence-electron chi connectivity index (χ1n) is 10.1. The van der Waals surface area contributed by atoms with Crippen molar-refractivity contribution in [2.24, 2.45) is 0 Å². The largest absolute Gasteiger partial charge is 0.347 e. The fourth-order valence-electron chi connectivity index (χ4n) is 3.93. The molecule has 0 bridgehead atoms. The maximum Gasteiger partial charge on any atom is 0.230 e. The summed E-state index contributed by atoms with van der Waals surface area (Å²) in [6.45, 7) is 2.39. The van der Waals surface area contributed by atoms with E-state index in [9.17, 15) is 0 Å². The second-order valence-electron chi connectivity index (χ2n) is 7.81. The van der Waals surface area contributed by atoms with Gasteiger partial charge in [0.25, 0.3) is 0 Å². The highest BCUT2D eigenvalue weighted by molar-refractivity contribution is 9.10. The van der Waals surface area contributed by atoms with E-state index in [1.807, 2.05) is 24.3 Å². The third kappa shape index (κ3) is 3.61. The van der Waals surface area contributed by atoms with Gasteiger partial charge < -0.3 is 20.1 Å². The summed E-state index contributed by atoms with van der Waals surface area (Å²) < 4.78 is 2.57. The Morgan fingerprint density at radius 3 is 2.73 bits per heavy atom. The molecule has 30 heavy (non-hydrogen) atoms. The Hall–Kier alpha value is -2.72. The van der Waals surface area contributed by atoms with Crippen LogP contribution in [0.25, 0.3) is 16.7 Å². The monoisotopic (exact) mass is 469 g/mol. The molecular formula is C20H24BrN9. The Balaban J connectivity index is 1.41. The second kappa shape index (κ2) is 7.84. The number of halogens is 1. The van der Waals surface area contributed by atoms with Gasteiger partial charge in [-0.3, -0.25) is 0 Å². The summed E-state index contributed by atoms with van der Waals surface area (Å²) in [5, 5.41) is 7.81. The van der Waals surface area contributed by atoms with Crippen LogP contribution in [0.2, 0.25) is 0 Å². The lowest BCUT2D eigenvalue weighted by Crippen LogP contribution is -2.42. The fraction of sp³-hybridized carbons (Fsp3) is 0.400. The van der Waals surface area contributed by atoms with Crippen molar-refractivity contribution in [2.75, 3.05) is 37.4 Å². The first-order chi connectivity index (χ1) is 14.6. The van der Waals surface area contributed by atoms with E-state index in [4.69, 9.17) is 9.97 Å². The van der Waals surface area contributed by atoms with Gasteiger partial charge in [-0.2, -0.15) is 19.6 Å². The van der Waals surface area contributed by atoms with Crippen LogP contribution in [0.4, 0.5) is 11.9 Å². The van der Waals surface area contributed by atoms with Crippen LogP contribution in [0, 0.1) is 0 Å². The normalized spacial score (nSPS) is 15.5. The lowest BCUT2D eigenvalue weighted by Gasteiger charge is -2.35. The number of nitrogens with one attached hydrogen (secondary N) is 2. The topological polar surface area (TPSA) is 90.3 Å². The molecule has 1 aromatic carbocycles. The Labute approximate surface area is 182 Å². The Bertz CT molecular complexity index is 1140. The zero-order chi connectivity index (χ0) is 20.7. The van der Waals surface area contributed by atoms with Crippen LogP contribution >= 0.6 is 15.9 Å². The Morgan fingerprint density at radius 2 is 1.97 bits per heavy atom. The predicted molar refractivity (Wildman–Crippen MR) is 121 cm³/mol. The van der Waals surface area contributed by atoms with Crippen LogP contribution in [0.1, 0.15) is 18.7 Å². The summed E-state index contributed by atoms with van der Waals surface area (Å²) in [6, 6.07) is 8.62. The van der Waals surface area contributed by atoms with Crippen LogP contribution in [0.3, 0.4) is 0 Å². The van der Waals surface area contributed by atoms with E-state index >= 15 is 0 Å². The number of imidazole rings is 1. The first kappa shape index (κ1) is 19.3. The summed E-state index contributed by atoms with van der Waals surface area (Å²) in [7, 11) is 4.29. The van der Waals surface area contributed by atoms with Crippen molar-refractivity contribution >= 4 is 44.5 Å². The summed E-state index contributed by atoms with van der Waals surface area (Å²) >= 11 is 3.56. The molecular weight excluding hydrogens is 446 g/mol. The Kier molecular flexibility index (Phi) is 5.03. The molecule has 0 spiro atoms. The summed E-state index contributed by atoms with van der Waals surface area (Å²) in [4.78, 5) is 22.1. The van der Waals surface area contributed by atoms with Crippen molar-refractivity contribution in [3.63, 3.8) is 0 Å².